The lowest BCUT2D eigenvalue weighted by Gasteiger charge is -2.41. The van der Waals surface area contributed by atoms with E-state index in [1.807, 2.05) is 0 Å². The summed E-state index contributed by atoms with van der Waals surface area (Å²) in [5, 5.41) is 0. The van der Waals surface area contributed by atoms with E-state index in [4.69, 9.17) is 0 Å². The van der Waals surface area contributed by atoms with Crippen molar-refractivity contribution in [1.82, 2.24) is 14.1 Å². The Morgan fingerprint density at radius 1 is 1.00 bits per heavy atom. The zero-order chi connectivity index (χ0) is 13.2. The van der Waals surface area contributed by atoms with Gasteiger partial charge in [0.05, 0.1) is 5.75 Å². The highest BCUT2D eigenvalue weighted by Crippen LogP contribution is 2.18. The Bertz CT molecular complexity index is 356. The molecule has 0 aliphatic carbocycles. The molecule has 0 unspecified atom stereocenters. The first-order valence-electron chi connectivity index (χ1n) is 6.93. The molecular weight excluding hydrogens is 250 g/mol. The van der Waals surface area contributed by atoms with E-state index in [0.717, 1.165) is 26.2 Å². The third kappa shape index (κ3) is 3.23. The van der Waals surface area contributed by atoms with Crippen LogP contribution in [0.25, 0.3) is 0 Å². The summed E-state index contributed by atoms with van der Waals surface area (Å²) in [5.74, 6) is 0.223. The quantitative estimate of drug-likeness (QED) is 0.730. The van der Waals surface area contributed by atoms with Crippen LogP contribution >= 0.6 is 0 Å². The Morgan fingerprint density at radius 3 is 2.06 bits per heavy atom. The van der Waals surface area contributed by atoms with Crippen LogP contribution in [0.4, 0.5) is 0 Å². The Labute approximate surface area is 111 Å². The van der Waals surface area contributed by atoms with E-state index in [2.05, 4.69) is 16.8 Å². The molecule has 0 atom stereocenters. The first-order chi connectivity index (χ1) is 8.53. The van der Waals surface area contributed by atoms with E-state index >= 15 is 0 Å². The predicted octanol–water partition coefficient (Wildman–Crippen LogP) is 0.0479. The van der Waals surface area contributed by atoms with Crippen molar-refractivity contribution in [3.8, 4) is 0 Å². The van der Waals surface area contributed by atoms with Gasteiger partial charge in [0.2, 0.25) is 10.0 Å². The van der Waals surface area contributed by atoms with Crippen LogP contribution in [0.1, 0.15) is 19.8 Å². The van der Waals surface area contributed by atoms with Gasteiger partial charge in [0.25, 0.3) is 0 Å². The largest absolute Gasteiger partial charge is 0.306 e. The summed E-state index contributed by atoms with van der Waals surface area (Å²) in [6, 6.07) is 0.660. The molecule has 5 nitrogen and oxygen atoms in total. The van der Waals surface area contributed by atoms with E-state index < -0.39 is 10.0 Å². The molecule has 0 spiro atoms. The molecule has 0 amide bonds. The van der Waals surface area contributed by atoms with Gasteiger partial charge in [-0.3, -0.25) is 4.90 Å². The zero-order valence-corrected chi connectivity index (χ0v) is 12.3. The molecule has 2 saturated heterocycles. The summed E-state index contributed by atoms with van der Waals surface area (Å²) in [6.07, 6.45) is 2.44. The topological polar surface area (TPSA) is 43.9 Å². The fraction of sp³-hybridized carbons (Fsp3) is 1.00. The van der Waals surface area contributed by atoms with Crippen molar-refractivity contribution < 1.29 is 8.42 Å². The Morgan fingerprint density at radius 2 is 1.56 bits per heavy atom. The third-order valence-corrected chi connectivity index (χ3v) is 6.12. The molecule has 2 fully saturated rings. The van der Waals surface area contributed by atoms with Crippen LogP contribution in [0.5, 0.6) is 0 Å². The van der Waals surface area contributed by atoms with Crippen molar-refractivity contribution in [2.24, 2.45) is 0 Å². The molecule has 0 N–H and O–H groups in total. The van der Waals surface area contributed by atoms with Crippen molar-refractivity contribution in [2.45, 2.75) is 25.8 Å². The minimum absolute atomic E-state index is 0.223. The van der Waals surface area contributed by atoms with E-state index in [0.29, 0.717) is 19.1 Å². The molecule has 2 aliphatic rings. The van der Waals surface area contributed by atoms with Gasteiger partial charge in [0.1, 0.15) is 0 Å². The van der Waals surface area contributed by atoms with Crippen LogP contribution in [-0.2, 0) is 10.0 Å². The van der Waals surface area contributed by atoms with Crippen LogP contribution < -0.4 is 0 Å². The minimum atomic E-state index is -2.99. The molecule has 2 aliphatic heterocycles. The summed E-state index contributed by atoms with van der Waals surface area (Å²) in [5.41, 5.74) is 0. The fourth-order valence-corrected chi connectivity index (χ4v) is 3.97. The van der Waals surface area contributed by atoms with Gasteiger partial charge in [-0.1, -0.05) is 0 Å². The summed E-state index contributed by atoms with van der Waals surface area (Å²) in [4.78, 5) is 4.85. The Hall–Kier alpha value is -0.170. The van der Waals surface area contributed by atoms with Gasteiger partial charge in [-0.15, -0.1) is 0 Å². The molecule has 0 bridgehead atoms. The second-order valence-electron chi connectivity index (χ2n) is 5.37. The van der Waals surface area contributed by atoms with Gasteiger partial charge in [0, 0.05) is 32.2 Å². The average molecular weight is 275 g/mol. The van der Waals surface area contributed by atoms with E-state index in [1.165, 1.54) is 12.8 Å². The van der Waals surface area contributed by atoms with E-state index in [-0.39, 0.29) is 5.75 Å². The standard InChI is InChI=1S/C12H25N3O2S/c1-3-18(16,17)15-10-8-14(9-11-15)12-4-6-13(2)7-5-12/h12H,3-11H2,1-2H3. The number of piperazine rings is 1. The third-order valence-electron chi connectivity index (χ3n) is 4.24. The van der Waals surface area contributed by atoms with Crippen molar-refractivity contribution in [2.75, 3.05) is 52.1 Å². The van der Waals surface area contributed by atoms with E-state index in [9.17, 15) is 8.42 Å². The van der Waals surface area contributed by atoms with Crippen LogP contribution in [0.2, 0.25) is 0 Å². The second-order valence-corrected chi connectivity index (χ2v) is 7.63. The van der Waals surface area contributed by atoms with Crippen LogP contribution in [0.3, 0.4) is 0 Å². The number of nitrogens with zero attached hydrogens (tertiary/aromatic N) is 3. The SMILES string of the molecule is CCS(=O)(=O)N1CCN(C2CCN(C)CC2)CC1. The molecule has 18 heavy (non-hydrogen) atoms. The lowest BCUT2D eigenvalue weighted by molar-refractivity contribution is 0.0893. The number of piperidine rings is 1. The van der Waals surface area contributed by atoms with Gasteiger partial charge in [0.15, 0.2) is 0 Å². The summed E-state index contributed by atoms with van der Waals surface area (Å²) < 4.78 is 25.2. The Balaban J connectivity index is 1.83. The predicted molar refractivity (Wildman–Crippen MR) is 73.1 cm³/mol. The van der Waals surface area contributed by atoms with Gasteiger partial charge in [-0.05, 0) is 39.9 Å². The van der Waals surface area contributed by atoms with Gasteiger partial charge in [-0.2, -0.15) is 4.31 Å². The molecular formula is C12H25N3O2S. The maximum absolute atomic E-state index is 11.8. The normalized spacial score (nSPS) is 26.6. The highest BCUT2D eigenvalue weighted by molar-refractivity contribution is 7.89. The lowest BCUT2D eigenvalue weighted by atomic mass is 10.0. The van der Waals surface area contributed by atoms with Gasteiger partial charge < -0.3 is 4.90 Å². The monoisotopic (exact) mass is 275 g/mol. The van der Waals surface area contributed by atoms with Crippen molar-refractivity contribution in [3.63, 3.8) is 0 Å². The van der Waals surface area contributed by atoms with Gasteiger partial charge >= 0.3 is 0 Å². The number of sulfonamides is 1. The summed E-state index contributed by atoms with van der Waals surface area (Å²) >= 11 is 0. The molecule has 0 aromatic rings. The maximum atomic E-state index is 11.8. The Kier molecular flexibility index (Phi) is 4.64. The first-order valence-corrected chi connectivity index (χ1v) is 8.54. The van der Waals surface area contributed by atoms with Crippen LogP contribution in [0, 0.1) is 0 Å². The number of rotatable bonds is 3. The lowest BCUT2D eigenvalue weighted by Crippen LogP contribution is -2.54. The summed E-state index contributed by atoms with van der Waals surface area (Å²) in [7, 11) is -0.817. The second kappa shape index (κ2) is 5.86. The number of likely N-dealkylation sites (tertiary alicyclic amines) is 1. The smallest absolute Gasteiger partial charge is 0.213 e. The molecule has 0 aromatic carbocycles. The number of hydrogen-bond donors (Lipinski definition) is 0. The zero-order valence-electron chi connectivity index (χ0n) is 11.5. The highest BCUT2D eigenvalue weighted by Gasteiger charge is 2.30. The molecule has 0 saturated carbocycles. The van der Waals surface area contributed by atoms with Crippen LogP contribution in [-0.4, -0.2) is 80.6 Å². The average Bonchev–Trinajstić information content (AvgIpc) is 2.40. The maximum Gasteiger partial charge on any atom is 0.213 e. The minimum Gasteiger partial charge on any atom is -0.306 e. The van der Waals surface area contributed by atoms with E-state index in [1.54, 1.807) is 11.2 Å². The van der Waals surface area contributed by atoms with Crippen molar-refractivity contribution >= 4 is 10.0 Å². The number of hydrogen-bond acceptors (Lipinski definition) is 4. The first kappa shape index (κ1) is 14.2. The van der Waals surface area contributed by atoms with Crippen molar-refractivity contribution in [3.05, 3.63) is 0 Å². The van der Waals surface area contributed by atoms with Gasteiger partial charge in [-0.25, -0.2) is 8.42 Å². The molecule has 0 radical (unpaired) electrons. The molecule has 2 rings (SSSR count). The fourth-order valence-electron chi connectivity index (χ4n) is 2.89. The molecule has 6 heteroatoms. The highest BCUT2D eigenvalue weighted by atomic mass is 32.2. The summed E-state index contributed by atoms with van der Waals surface area (Å²) in [6.45, 7) is 7.18. The van der Waals surface area contributed by atoms with Crippen LogP contribution in [0.15, 0.2) is 0 Å². The molecule has 106 valence electrons. The molecule has 2 heterocycles. The molecule has 0 aromatic heterocycles. The van der Waals surface area contributed by atoms with Crippen molar-refractivity contribution in [1.29, 1.82) is 0 Å².